The van der Waals surface area contributed by atoms with E-state index in [9.17, 15) is 9.00 Å². The van der Waals surface area contributed by atoms with Crippen molar-refractivity contribution < 1.29 is 23.2 Å². The van der Waals surface area contributed by atoms with Crippen LogP contribution < -0.4 is 19.1 Å². The molecule has 8 nitrogen and oxygen atoms in total. The van der Waals surface area contributed by atoms with Crippen LogP contribution in [0.1, 0.15) is 74.4 Å². The molecule has 4 unspecified atom stereocenters. The SMILES string of the molecule is CC/C=C/C(OC)C1CCC1CN1C[C@@]2(CCCc3cc(Cl)ccc32)COc2ccc(C(=O)NS(=O)C(C)C)cc21.COc1ccccn1. The zero-order chi connectivity index (χ0) is 35.0. The zero-order valence-electron chi connectivity index (χ0n) is 29.3. The molecule has 5 atom stereocenters. The summed E-state index contributed by atoms with van der Waals surface area (Å²) in [6, 6.07) is 17.4. The minimum Gasteiger partial charge on any atom is -0.490 e. The van der Waals surface area contributed by atoms with Gasteiger partial charge >= 0.3 is 0 Å². The standard InChI is InChI=1S/C33H43ClN2O4S.C6H7NO/c1-5-6-9-30(39-4)27-13-10-25(27)19-36-20-33(16-7-8-23-17-26(34)12-14-28(23)33)21-40-31-15-11-24(18-29(31)36)32(37)35-41(38)22(2)3;1-8-6-4-2-3-5-7-6/h6,9,11-12,14-15,17-18,22,25,27,30H,5,7-8,10,13,16,19-21H2,1-4H3,(H,35,37);2-5H,1H3/b9-6+;/t25?,27?,30?,33-,41?;/m0./s1. The predicted molar refractivity (Wildman–Crippen MR) is 198 cm³/mol. The van der Waals surface area contributed by atoms with Crippen molar-refractivity contribution in [2.45, 2.75) is 76.1 Å². The largest absolute Gasteiger partial charge is 0.490 e. The van der Waals surface area contributed by atoms with Crippen molar-refractivity contribution in [3.8, 4) is 11.6 Å². The zero-order valence-corrected chi connectivity index (χ0v) is 30.9. The Morgan fingerprint density at radius 3 is 2.67 bits per heavy atom. The second kappa shape index (κ2) is 17.0. The van der Waals surface area contributed by atoms with E-state index in [1.54, 1.807) is 32.5 Å². The molecule has 3 aliphatic rings. The first-order chi connectivity index (χ1) is 23.7. The average molecular weight is 708 g/mol. The summed E-state index contributed by atoms with van der Waals surface area (Å²) < 4.78 is 32.4. The number of fused-ring (bicyclic) bond motifs is 3. The minimum atomic E-state index is -1.44. The molecular formula is C39H50ClN3O5S. The molecule has 264 valence electrons. The van der Waals surface area contributed by atoms with Gasteiger partial charge in [-0.15, -0.1) is 0 Å². The van der Waals surface area contributed by atoms with Gasteiger partial charge in [0.2, 0.25) is 5.88 Å². The van der Waals surface area contributed by atoms with Crippen LogP contribution in [0, 0.1) is 11.8 Å². The third-order valence-electron chi connectivity index (χ3n) is 9.95. The van der Waals surface area contributed by atoms with Crippen molar-refractivity contribution in [3.63, 3.8) is 0 Å². The first-order valence-corrected chi connectivity index (χ1v) is 18.9. The molecule has 6 rings (SSSR count). The van der Waals surface area contributed by atoms with Gasteiger partial charge in [-0.2, -0.15) is 0 Å². The highest BCUT2D eigenvalue weighted by Gasteiger charge is 2.44. The van der Waals surface area contributed by atoms with Crippen LogP contribution in [0.2, 0.25) is 5.02 Å². The van der Waals surface area contributed by atoms with Crippen LogP contribution in [0.5, 0.6) is 11.6 Å². The van der Waals surface area contributed by atoms with Crippen LogP contribution >= 0.6 is 11.6 Å². The van der Waals surface area contributed by atoms with Gasteiger partial charge in [0.15, 0.2) is 0 Å². The van der Waals surface area contributed by atoms with Gasteiger partial charge in [0.1, 0.15) is 16.7 Å². The van der Waals surface area contributed by atoms with Crippen LogP contribution in [0.4, 0.5) is 5.69 Å². The quantitative estimate of drug-likeness (QED) is 0.216. The molecule has 3 aromatic rings. The minimum absolute atomic E-state index is 0.103. The molecule has 1 aliphatic heterocycles. The fraction of sp³-hybridized carbons (Fsp3) is 0.487. The molecule has 1 spiro atoms. The number of halogens is 1. The molecule has 0 bridgehead atoms. The Labute approximate surface area is 299 Å². The summed E-state index contributed by atoms with van der Waals surface area (Å²) >= 11 is 6.41. The Morgan fingerprint density at radius 1 is 1.18 bits per heavy atom. The molecule has 2 aliphatic carbocycles. The van der Waals surface area contributed by atoms with Crippen molar-refractivity contribution in [1.29, 1.82) is 0 Å². The lowest BCUT2D eigenvalue weighted by Gasteiger charge is -2.46. The number of ether oxygens (including phenoxy) is 3. The molecule has 0 radical (unpaired) electrons. The monoisotopic (exact) mass is 707 g/mol. The number of aromatic nitrogens is 1. The van der Waals surface area contributed by atoms with Crippen LogP contribution in [0.15, 0.2) is 72.9 Å². The van der Waals surface area contributed by atoms with E-state index in [0.29, 0.717) is 29.9 Å². The number of methoxy groups -OCH3 is 2. The number of hydrogen-bond acceptors (Lipinski definition) is 7. The number of rotatable bonds is 10. The first kappa shape index (κ1) is 36.9. The maximum atomic E-state index is 13.1. The molecule has 1 aromatic heterocycles. The van der Waals surface area contributed by atoms with E-state index < -0.39 is 11.0 Å². The highest BCUT2D eigenvalue weighted by atomic mass is 35.5. The number of allylic oxidation sites excluding steroid dienone is 1. The van der Waals surface area contributed by atoms with Crippen LogP contribution in [-0.4, -0.2) is 60.4 Å². The smallest absolute Gasteiger partial charge is 0.263 e. The maximum absolute atomic E-state index is 13.1. The third-order valence-corrected chi connectivity index (χ3v) is 11.4. The lowest BCUT2D eigenvalue weighted by atomic mass is 9.68. The molecule has 1 saturated carbocycles. The van der Waals surface area contributed by atoms with E-state index in [1.807, 2.05) is 44.2 Å². The highest BCUT2D eigenvalue weighted by Crippen LogP contribution is 2.47. The summed E-state index contributed by atoms with van der Waals surface area (Å²) in [6.45, 7) is 8.03. The van der Waals surface area contributed by atoms with E-state index in [4.69, 9.17) is 25.8 Å². The maximum Gasteiger partial charge on any atom is 0.263 e. The van der Waals surface area contributed by atoms with E-state index in [0.717, 1.165) is 68.1 Å². The molecule has 0 saturated heterocycles. The Balaban J connectivity index is 0.000000514. The summed E-state index contributed by atoms with van der Waals surface area (Å²) in [6.07, 6.45) is 12.6. The molecule has 1 amide bonds. The lowest BCUT2D eigenvalue weighted by Crippen LogP contribution is -2.49. The number of carbonyl (C=O) groups excluding carboxylic acids is 1. The topological polar surface area (TPSA) is 90.0 Å². The normalized spacial score (nSPS) is 22.5. The Kier molecular flexibility index (Phi) is 12.8. The number of amides is 1. The number of aryl methyl sites for hydroxylation is 1. The number of pyridine rings is 1. The Morgan fingerprint density at radius 2 is 2.02 bits per heavy atom. The van der Waals surface area contributed by atoms with Gasteiger partial charge in [-0.25, -0.2) is 9.19 Å². The van der Waals surface area contributed by atoms with Crippen LogP contribution in [0.25, 0.3) is 0 Å². The molecule has 2 heterocycles. The van der Waals surface area contributed by atoms with E-state index in [1.165, 1.54) is 11.1 Å². The first-order valence-electron chi connectivity index (χ1n) is 17.3. The van der Waals surface area contributed by atoms with Gasteiger partial charge in [-0.3, -0.25) is 9.52 Å². The number of anilines is 1. The molecular weight excluding hydrogens is 658 g/mol. The lowest BCUT2D eigenvalue weighted by molar-refractivity contribution is 0.0132. The van der Waals surface area contributed by atoms with Crippen molar-refractivity contribution in [2.24, 2.45) is 11.8 Å². The van der Waals surface area contributed by atoms with Crippen molar-refractivity contribution in [3.05, 3.63) is 94.7 Å². The Hall–Kier alpha value is -3.40. The van der Waals surface area contributed by atoms with E-state index in [2.05, 4.69) is 45.8 Å². The number of benzene rings is 2. The second-order valence-electron chi connectivity index (χ2n) is 13.5. The van der Waals surface area contributed by atoms with Gasteiger partial charge in [-0.1, -0.05) is 42.8 Å². The fourth-order valence-corrected chi connectivity index (χ4v) is 7.93. The molecule has 2 aromatic carbocycles. The van der Waals surface area contributed by atoms with Crippen molar-refractivity contribution >= 4 is 34.2 Å². The van der Waals surface area contributed by atoms with Gasteiger partial charge in [-0.05, 0) is 112 Å². The van der Waals surface area contributed by atoms with Crippen molar-refractivity contribution in [2.75, 3.05) is 38.8 Å². The Bertz CT molecular complexity index is 1620. The van der Waals surface area contributed by atoms with Crippen LogP contribution in [-0.2, 0) is 27.6 Å². The molecule has 1 fully saturated rings. The third kappa shape index (κ3) is 8.86. The summed E-state index contributed by atoms with van der Waals surface area (Å²) in [5.41, 5.74) is 3.86. The predicted octanol–water partition coefficient (Wildman–Crippen LogP) is 7.71. The molecule has 1 N–H and O–H groups in total. The fourth-order valence-electron chi connectivity index (χ4n) is 7.19. The molecule has 10 heteroatoms. The van der Waals surface area contributed by atoms with E-state index in [-0.39, 0.29) is 22.7 Å². The van der Waals surface area contributed by atoms with Gasteiger partial charge in [0.25, 0.3) is 5.91 Å². The van der Waals surface area contributed by atoms with E-state index >= 15 is 0 Å². The van der Waals surface area contributed by atoms with Gasteiger partial charge < -0.3 is 19.1 Å². The molecule has 49 heavy (non-hydrogen) atoms. The van der Waals surface area contributed by atoms with Crippen molar-refractivity contribution in [1.82, 2.24) is 9.71 Å². The number of nitrogens with one attached hydrogen (secondary N) is 1. The summed E-state index contributed by atoms with van der Waals surface area (Å²) in [7, 11) is 1.96. The summed E-state index contributed by atoms with van der Waals surface area (Å²) in [5.74, 6) is 2.02. The van der Waals surface area contributed by atoms with Gasteiger partial charge in [0.05, 0.1) is 25.5 Å². The number of carbonyl (C=O) groups is 1. The summed E-state index contributed by atoms with van der Waals surface area (Å²) in [5, 5.41) is 0.610. The number of nitrogens with zero attached hydrogens (tertiary/aromatic N) is 2. The average Bonchev–Trinajstić information content (AvgIpc) is 3.25. The number of hydrogen-bond donors (Lipinski definition) is 1. The van der Waals surface area contributed by atoms with Crippen LogP contribution in [0.3, 0.4) is 0 Å². The second-order valence-corrected chi connectivity index (χ2v) is 15.7. The van der Waals surface area contributed by atoms with Gasteiger partial charge in [0, 0.05) is 53.7 Å². The highest BCUT2D eigenvalue weighted by molar-refractivity contribution is 7.84. The summed E-state index contributed by atoms with van der Waals surface area (Å²) in [4.78, 5) is 19.4.